The van der Waals surface area contributed by atoms with Crippen LogP contribution in [0.2, 0.25) is 0 Å². The quantitative estimate of drug-likeness (QED) is 0.413. The van der Waals surface area contributed by atoms with Crippen LogP contribution < -0.4 is 21.9 Å². The number of halogens is 1. The third-order valence-corrected chi connectivity index (χ3v) is 6.73. The van der Waals surface area contributed by atoms with Crippen molar-refractivity contribution in [2.45, 2.75) is 32.0 Å². The predicted octanol–water partition coefficient (Wildman–Crippen LogP) is 2.39. The maximum absolute atomic E-state index is 13.2. The molecule has 0 unspecified atom stereocenters. The molecular formula is C22H20FN7O2S. The number of hydrogen-bond acceptors (Lipinski definition) is 8. The summed E-state index contributed by atoms with van der Waals surface area (Å²) in [7, 11) is 0. The summed E-state index contributed by atoms with van der Waals surface area (Å²) in [6, 6.07) is 7.98. The molecule has 0 radical (unpaired) electrons. The van der Waals surface area contributed by atoms with Crippen molar-refractivity contribution in [1.29, 1.82) is 0 Å². The molecule has 3 aromatic heterocycles. The molecule has 4 aromatic rings. The molecule has 4 heterocycles. The molecule has 5 rings (SSSR count). The normalized spacial score (nSPS) is 15.1. The van der Waals surface area contributed by atoms with Crippen LogP contribution in [0.1, 0.15) is 28.6 Å². The largest absolute Gasteiger partial charge is 0.381 e. The lowest BCUT2D eigenvalue weighted by Crippen LogP contribution is -2.35. The van der Waals surface area contributed by atoms with Gasteiger partial charge in [-0.25, -0.2) is 9.37 Å². The van der Waals surface area contributed by atoms with Gasteiger partial charge in [0.25, 0.3) is 5.56 Å². The fourth-order valence-electron chi connectivity index (χ4n) is 3.88. The molecule has 0 spiro atoms. The van der Waals surface area contributed by atoms with E-state index in [-0.39, 0.29) is 29.9 Å². The molecule has 1 aliphatic heterocycles. The first kappa shape index (κ1) is 21.0. The van der Waals surface area contributed by atoms with E-state index in [4.69, 9.17) is 5.73 Å². The average Bonchev–Trinajstić information content (AvgIpc) is 3.25. The van der Waals surface area contributed by atoms with Crippen LogP contribution in [0, 0.1) is 5.82 Å². The minimum atomic E-state index is -0.313. The summed E-state index contributed by atoms with van der Waals surface area (Å²) in [5.41, 5.74) is 7.46. The summed E-state index contributed by atoms with van der Waals surface area (Å²) in [5.74, 6) is -0.267. The standard InChI is InChI=1S/C22H20FN7O2S/c23-14-3-1-12(2-4-14)16-5-6-17-19(28-16)22(32)30(11-26-17)10-18(31)25-9-15-7-13-8-27-29-21(24)20(13)33-15/h1-4,7-8,11,16,28H,5-6,9-10H2,(H2,24,29)(H,25,31)/t16-/m0/s1. The van der Waals surface area contributed by atoms with Crippen molar-refractivity contribution in [3.63, 3.8) is 0 Å². The zero-order valence-electron chi connectivity index (χ0n) is 17.4. The van der Waals surface area contributed by atoms with Crippen molar-refractivity contribution in [2.24, 2.45) is 0 Å². The van der Waals surface area contributed by atoms with Crippen molar-refractivity contribution in [3.05, 3.63) is 75.2 Å². The predicted molar refractivity (Wildman–Crippen MR) is 123 cm³/mol. The van der Waals surface area contributed by atoms with Gasteiger partial charge in [-0.1, -0.05) is 12.1 Å². The van der Waals surface area contributed by atoms with Crippen molar-refractivity contribution < 1.29 is 9.18 Å². The summed E-state index contributed by atoms with van der Waals surface area (Å²) < 4.78 is 15.4. The molecule has 0 aliphatic carbocycles. The summed E-state index contributed by atoms with van der Waals surface area (Å²) in [5, 5.41) is 14.6. The average molecular weight is 466 g/mol. The Morgan fingerprint density at radius 1 is 1.33 bits per heavy atom. The summed E-state index contributed by atoms with van der Waals surface area (Å²) in [6.07, 6.45) is 4.38. The van der Waals surface area contributed by atoms with E-state index >= 15 is 0 Å². The number of thiophene rings is 1. The lowest BCUT2D eigenvalue weighted by atomic mass is 9.96. The second-order valence-corrected chi connectivity index (χ2v) is 8.93. The van der Waals surface area contributed by atoms with Gasteiger partial charge in [0, 0.05) is 10.3 Å². The van der Waals surface area contributed by atoms with Gasteiger partial charge in [-0.05, 0) is 36.6 Å². The number of rotatable bonds is 5. The number of nitrogen functional groups attached to an aromatic ring is 1. The fourth-order valence-corrected chi connectivity index (χ4v) is 4.85. The Morgan fingerprint density at radius 2 is 2.15 bits per heavy atom. The van der Waals surface area contributed by atoms with Crippen LogP contribution in [-0.4, -0.2) is 25.7 Å². The van der Waals surface area contributed by atoms with Crippen LogP contribution in [0.4, 0.5) is 15.9 Å². The molecule has 1 aliphatic rings. The van der Waals surface area contributed by atoms with Gasteiger partial charge >= 0.3 is 0 Å². The highest BCUT2D eigenvalue weighted by molar-refractivity contribution is 7.19. The Morgan fingerprint density at radius 3 is 2.94 bits per heavy atom. The molecule has 0 bridgehead atoms. The van der Waals surface area contributed by atoms with Gasteiger partial charge < -0.3 is 16.4 Å². The third-order valence-electron chi connectivity index (χ3n) is 5.56. The number of benzene rings is 1. The van der Waals surface area contributed by atoms with Crippen LogP contribution in [0.3, 0.4) is 0 Å². The highest BCUT2D eigenvalue weighted by atomic mass is 32.1. The van der Waals surface area contributed by atoms with Crippen molar-refractivity contribution in [2.75, 3.05) is 11.1 Å². The van der Waals surface area contributed by atoms with E-state index in [2.05, 4.69) is 25.8 Å². The second kappa shape index (κ2) is 8.58. The first-order chi connectivity index (χ1) is 16.0. The number of hydrogen-bond donors (Lipinski definition) is 3. The first-order valence-corrected chi connectivity index (χ1v) is 11.2. The molecule has 0 saturated carbocycles. The van der Waals surface area contributed by atoms with Gasteiger partial charge in [-0.15, -0.1) is 16.4 Å². The molecule has 1 amide bonds. The molecule has 0 fully saturated rings. The van der Waals surface area contributed by atoms with Gasteiger partial charge in [0.1, 0.15) is 18.0 Å². The van der Waals surface area contributed by atoms with Gasteiger partial charge in [0.15, 0.2) is 5.82 Å². The number of carbonyl (C=O) groups is 1. The van der Waals surface area contributed by atoms with Crippen LogP contribution in [0.5, 0.6) is 0 Å². The molecule has 33 heavy (non-hydrogen) atoms. The first-order valence-electron chi connectivity index (χ1n) is 10.3. The molecule has 1 atom stereocenters. The van der Waals surface area contributed by atoms with Crippen molar-refractivity contribution in [1.82, 2.24) is 25.1 Å². The number of anilines is 2. The van der Waals surface area contributed by atoms with Crippen LogP contribution in [-0.2, 0) is 24.3 Å². The van der Waals surface area contributed by atoms with E-state index in [0.717, 1.165) is 26.9 Å². The zero-order chi connectivity index (χ0) is 22.9. The number of carbonyl (C=O) groups excluding carboxylic acids is 1. The van der Waals surface area contributed by atoms with E-state index in [1.165, 1.54) is 34.4 Å². The number of amides is 1. The van der Waals surface area contributed by atoms with Gasteiger partial charge in [-0.2, -0.15) is 5.10 Å². The van der Waals surface area contributed by atoms with E-state index in [1.54, 1.807) is 18.3 Å². The van der Waals surface area contributed by atoms with Crippen LogP contribution >= 0.6 is 11.3 Å². The maximum atomic E-state index is 13.2. The SMILES string of the molecule is Nc1nncc2cc(CNC(=O)Cn3cnc4c(c3=O)N[C@H](c3ccc(F)cc3)CC4)sc12. The number of nitrogens with zero attached hydrogens (tertiary/aromatic N) is 4. The Balaban J connectivity index is 1.27. The molecule has 0 saturated heterocycles. The smallest absolute Gasteiger partial charge is 0.277 e. The van der Waals surface area contributed by atoms with E-state index in [9.17, 15) is 14.0 Å². The molecule has 1 aromatic carbocycles. The molecular weight excluding hydrogens is 445 g/mol. The third kappa shape index (κ3) is 4.27. The minimum absolute atomic E-state index is 0.123. The number of nitrogens with two attached hydrogens (primary N) is 1. The van der Waals surface area contributed by atoms with Crippen molar-refractivity contribution in [3.8, 4) is 0 Å². The second-order valence-electron chi connectivity index (χ2n) is 7.79. The highest BCUT2D eigenvalue weighted by Gasteiger charge is 2.24. The zero-order valence-corrected chi connectivity index (χ0v) is 18.2. The van der Waals surface area contributed by atoms with Crippen LogP contribution in [0.15, 0.2) is 47.7 Å². The van der Waals surface area contributed by atoms with Crippen molar-refractivity contribution >= 4 is 38.8 Å². The summed E-state index contributed by atoms with van der Waals surface area (Å²) in [4.78, 5) is 30.8. The lowest BCUT2D eigenvalue weighted by molar-refractivity contribution is -0.121. The van der Waals surface area contributed by atoms with E-state index in [1.807, 2.05) is 6.07 Å². The van der Waals surface area contributed by atoms with Gasteiger partial charge in [0.2, 0.25) is 5.91 Å². The number of aromatic nitrogens is 4. The fraction of sp³-hybridized carbons (Fsp3) is 0.227. The Hall–Kier alpha value is -3.86. The number of aryl methyl sites for hydroxylation is 1. The van der Waals surface area contributed by atoms with E-state index < -0.39 is 0 Å². The molecule has 168 valence electrons. The highest BCUT2D eigenvalue weighted by Crippen LogP contribution is 2.30. The maximum Gasteiger partial charge on any atom is 0.277 e. The summed E-state index contributed by atoms with van der Waals surface area (Å²) >= 11 is 1.44. The minimum Gasteiger partial charge on any atom is -0.381 e. The monoisotopic (exact) mass is 465 g/mol. The van der Waals surface area contributed by atoms with Crippen LogP contribution in [0.25, 0.3) is 10.1 Å². The Labute approximate surface area is 191 Å². The molecule has 9 nitrogen and oxygen atoms in total. The topological polar surface area (TPSA) is 128 Å². The number of fused-ring (bicyclic) bond motifs is 2. The molecule has 4 N–H and O–H groups in total. The Kier molecular flexibility index (Phi) is 5.47. The van der Waals surface area contributed by atoms with E-state index in [0.29, 0.717) is 30.2 Å². The lowest BCUT2D eigenvalue weighted by Gasteiger charge is -2.26. The molecule has 11 heteroatoms. The van der Waals surface area contributed by atoms with Gasteiger partial charge in [0.05, 0.1) is 35.5 Å². The Bertz CT molecular complexity index is 1400. The number of nitrogens with one attached hydrogen (secondary N) is 2. The summed E-state index contributed by atoms with van der Waals surface area (Å²) in [6.45, 7) is 0.147. The van der Waals surface area contributed by atoms with Gasteiger partial charge in [-0.3, -0.25) is 14.2 Å².